The van der Waals surface area contributed by atoms with Gasteiger partial charge in [-0.2, -0.15) is 0 Å². The molecule has 0 saturated carbocycles. The molecule has 0 amide bonds. The Kier molecular flexibility index (Phi) is 8.68. The van der Waals surface area contributed by atoms with Gasteiger partial charge in [0.15, 0.2) is 0 Å². The van der Waals surface area contributed by atoms with Crippen LogP contribution < -0.4 is 0 Å². The minimum Gasteiger partial charge on any atom is -0.293 e. The van der Waals surface area contributed by atoms with Crippen molar-refractivity contribution in [2.75, 3.05) is 0 Å². The molecule has 0 fully saturated rings. The highest BCUT2D eigenvalue weighted by atomic mass is 79.9. The van der Waals surface area contributed by atoms with E-state index in [0.717, 1.165) is 31.4 Å². The van der Waals surface area contributed by atoms with Gasteiger partial charge in [0.2, 0.25) is 0 Å². The fourth-order valence-electron chi connectivity index (χ4n) is 1.56. The van der Waals surface area contributed by atoms with Crippen molar-refractivity contribution in [3.63, 3.8) is 0 Å². The van der Waals surface area contributed by atoms with Crippen LogP contribution in [0.2, 0.25) is 0 Å². The number of nitrogens with one attached hydrogen (secondary N) is 1. The van der Waals surface area contributed by atoms with Crippen LogP contribution in [0.5, 0.6) is 0 Å². The maximum absolute atomic E-state index is 8.21. The highest BCUT2D eigenvalue weighted by molar-refractivity contribution is 9.12. The summed E-state index contributed by atoms with van der Waals surface area (Å²) in [5.41, 5.74) is 1.92. The lowest BCUT2D eigenvalue weighted by Crippen LogP contribution is -1.97. The van der Waals surface area contributed by atoms with Crippen LogP contribution in [0.4, 0.5) is 0 Å². The van der Waals surface area contributed by atoms with Gasteiger partial charge in [-0.1, -0.05) is 68.4 Å². The van der Waals surface area contributed by atoms with Crippen molar-refractivity contribution in [3.05, 3.63) is 68.2 Å². The van der Waals surface area contributed by atoms with E-state index in [-0.39, 0.29) is 0 Å². The molecule has 1 heterocycles. The first kappa shape index (κ1) is 19.1. The van der Waals surface area contributed by atoms with Gasteiger partial charge in [0.25, 0.3) is 0 Å². The predicted octanol–water partition coefficient (Wildman–Crippen LogP) is 6.65. The zero-order valence-corrected chi connectivity index (χ0v) is 16.6. The first-order chi connectivity index (χ1) is 10.4. The molecule has 0 aromatic carbocycles. The molecule has 0 spiro atoms. The van der Waals surface area contributed by atoms with E-state index in [2.05, 4.69) is 43.4 Å². The summed E-state index contributed by atoms with van der Waals surface area (Å²) >= 11 is 8.16. The first-order valence-electron chi connectivity index (χ1n) is 6.64. The summed E-state index contributed by atoms with van der Waals surface area (Å²) in [6, 6.07) is 0. The van der Waals surface area contributed by atoms with Crippen molar-refractivity contribution in [1.29, 1.82) is 5.41 Å². The van der Waals surface area contributed by atoms with Crippen molar-refractivity contribution in [3.8, 4) is 0 Å². The third-order valence-electron chi connectivity index (χ3n) is 2.63. The summed E-state index contributed by atoms with van der Waals surface area (Å²) in [4.78, 5) is 5.22. The van der Waals surface area contributed by atoms with Crippen molar-refractivity contribution >= 4 is 54.9 Å². The number of allylic oxidation sites excluding steroid dienone is 9. The van der Waals surface area contributed by atoms with E-state index in [0.29, 0.717) is 5.04 Å². The van der Waals surface area contributed by atoms with Crippen LogP contribution in [-0.2, 0) is 0 Å². The molecule has 1 aliphatic rings. The molecule has 0 unspecified atom stereocenters. The van der Waals surface area contributed by atoms with E-state index >= 15 is 0 Å². The topological polar surface area (TPSA) is 36.2 Å². The van der Waals surface area contributed by atoms with E-state index in [1.165, 1.54) is 11.8 Å². The highest BCUT2D eigenvalue weighted by Gasteiger charge is 2.07. The van der Waals surface area contributed by atoms with Gasteiger partial charge in [-0.25, -0.2) is 0 Å². The number of hydrogen-bond donors (Lipinski definition) is 1. The molecule has 0 aliphatic carbocycles. The van der Waals surface area contributed by atoms with Crippen LogP contribution in [0.15, 0.2) is 73.2 Å². The van der Waals surface area contributed by atoms with Gasteiger partial charge in [0.05, 0.1) is 5.04 Å². The lowest BCUT2D eigenvalue weighted by molar-refractivity contribution is 1.35. The number of halogens is 2. The quantitative estimate of drug-likeness (QED) is 0.289. The third-order valence-corrected chi connectivity index (χ3v) is 4.30. The molecule has 2 nitrogen and oxygen atoms in total. The Bertz CT molecular complexity index is 635. The summed E-state index contributed by atoms with van der Waals surface area (Å²) in [7, 11) is 0. The Morgan fingerprint density at radius 1 is 1.45 bits per heavy atom. The van der Waals surface area contributed by atoms with Crippen LogP contribution in [0.3, 0.4) is 0 Å². The number of hydrogen-bond acceptors (Lipinski definition) is 3. The number of rotatable bonds is 5. The smallest absolute Gasteiger partial charge is 0.0999 e. The summed E-state index contributed by atoms with van der Waals surface area (Å²) in [5, 5.41) is 8.71. The van der Waals surface area contributed by atoms with Crippen LogP contribution in [0.1, 0.15) is 20.3 Å². The minimum absolute atomic E-state index is 0.498. The van der Waals surface area contributed by atoms with E-state index in [4.69, 9.17) is 5.41 Å². The maximum atomic E-state index is 8.21. The van der Waals surface area contributed by atoms with Crippen molar-refractivity contribution in [2.45, 2.75) is 20.3 Å². The lowest BCUT2D eigenvalue weighted by Gasteiger charge is -2.05. The van der Waals surface area contributed by atoms with Gasteiger partial charge in [0, 0.05) is 27.0 Å². The predicted molar refractivity (Wildman–Crippen MR) is 108 cm³/mol. The molecule has 1 rings (SSSR count). The molecule has 1 N–H and O–H groups in total. The standard InChI is InChI=1S/C17H18Br2N2S/c1-4-14(6-5-12(2)18)9-13(3)22-17(20)15-7-8-16(19)11-21-10-15/h4-7,9-11,20H,2,8H2,1,3H3/b6-5-,13-9+,14-4+,20-17?. The Morgan fingerprint density at radius 3 is 2.82 bits per heavy atom. The van der Waals surface area contributed by atoms with E-state index in [1.54, 1.807) is 12.4 Å². The van der Waals surface area contributed by atoms with E-state index in [9.17, 15) is 0 Å². The van der Waals surface area contributed by atoms with Crippen LogP contribution >= 0.6 is 43.6 Å². The maximum Gasteiger partial charge on any atom is 0.0999 e. The second-order valence-corrected chi connectivity index (χ2v) is 7.77. The van der Waals surface area contributed by atoms with Crippen molar-refractivity contribution in [1.82, 2.24) is 0 Å². The zero-order chi connectivity index (χ0) is 16.5. The van der Waals surface area contributed by atoms with Gasteiger partial charge in [0.1, 0.15) is 0 Å². The van der Waals surface area contributed by atoms with Gasteiger partial charge in [-0.15, -0.1) is 0 Å². The molecule has 22 heavy (non-hydrogen) atoms. The van der Waals surface area contributed by atoms with Gasteiger partial charge in [-0.3, -0.25) is 10.4 Å². The van der Waals surface area contributed by atoms with E-state index < -0.39 is 0 Å². The number of nitrogens with zero attached hydrogens (tertiary/aromatic N) is 1. The highest BCUT2D eigenvalue weighted by Crippen LogP contribution is 2.24. The van der Waals surface area contributed by atoms with Gasteiger partial charge < -0.3 is 0 Å². The summed E-state index contributed by atoms with van der Waals surface area (Å²) in [6.07, 6.45) is 14.2. The molecule has 0 aromatic rings. The summed E-state index contributed by atoms with van der Waals surface area (Å²) in [6.45, 7) is 7.77. The molecule has 0 bridgehead atoms. The molecule has 0 radical (unpaired) electrons. The van der Waals surface area contributed by atoms with Crippen LogP contribution in [-0.4, -0.2) is 11.3 Å². The molecule has 0 saturated heterocycles. The Labute approximate surface area is 153 Å². The van der Waals surface area contributed by atoms with Crippen molar-refractivity contribution in [2.24, 2.45) is 4.99 Å². The normalized spacial score (nSPS) is 16.4. The Morgan fingerprint density at radius 2 is 2.18 bits per heavy atom. The molecule has 0 aromatic heterocycles. The van der Waals surface area contributed by atoms with E-state index in [1.807, 2.05) is 44.2 Å². The third kappa shape index (κ3) is 7.38. The summed E-state index contributed by atoms with van der Waals surface area (Å²) in [5.74, 6) is 0. The molecule has 0 atom stereocenters. The first-order valence-corrected chi connectivity index (χ1v) is 9.04. The zero-order valence-electron chi connectivity index (χ0n) is 12.6. The largest absolute Gasteiger partial charge is 0.293 e. The average molecular weight is 442 g/mol. The fraction of sp³-hybridized carbons (Fsp3) is 0.176. The second-order valence-electron chi connectivity index (χ2n) is 4.47. The number of aliphatic imine (C=N–C) groups is 1. The molecular formula is C17H18Br2N2S. The van der Waals surface area contributed by atoms with Gasteiger partial charge in [-0.05, 0) is 42.9 Å². The Balaban J connectivity index is 2.75. The molecule has 5 heteroatoms. The summed E-state index contributed by atoms with van der Waals surface area (Å²) < 4.78 is 1.84. The Hall–Kier alpha value is -0.910. The average Bonchev–Trinajstić information content (AvgIpc) is 2.67. The van der Waals surface area contributed by atoms with Gasteiger partial charge >= 0.3 is 0 Å². The monoisotopic (exact) mass is 440 g/mol. The van der Waals surface area contributed by atoms with Crippen LogP contribution in [0.25, 0.3) is 0 Å². The van der Waals surface area contributed by atoms with Crippen LogP contribution in [0, 0.1) is 5.41 Å². The van der Waals surface area contributed by atoms with Crippen molar-refractivity contribution < 1.29 is 0 Å². The molecule has 116 valence electrons. The molecule has 1 aliphatic heterocycles. The second kappa shape index (κ2) is 9.98. The molecular weight excluding hydrogens is 424 g/mol. The minimum atomic E-state index is 0.498. The lowest BCUT2D eigenvalue weighted by atomic mass is 10.2. The fourth-order valence-corrected chi connectivity index (χ4v) is 2.74. The SMILES string of the molecule is C=C(Br)\C=C/C(=C\C)/C=C(\C)SC(=N)C1=CCC(Br)=CN=C1. The number of thioether (sulfide) groups is 1.